The molecular formula is C21H33NO4. The minimum Gasteiger partial charge on any atom is -0.507 e. The van der Waals surface area contributed by atoms with Gasteiger partial charge in [0.05, 0.1) is 25.9 Å². The number of hydrogen-bond acceptors (Lipinski definition) is 4. The zero-order valence-corrected chi connectivity index (χ0v) is 17.2. The third kappa shape index (κ3) is 4.77. The molecule has 1 heterocycles. The van der Waals surface area contributed by atoms with Gasteiger partial charge in [0.2, 0.25) is 0 Å². The number of phenols is 1. The van der Waals surface area contributed by atoms with Crippen LogP contribution in [0.2, 0.25) is 0 Å². The highest BCUT2D eigenvalue weighted by Gasteiger charge is 2.29. The van der Waals surface area contributed by atoms with Gasteiger partial charge in [-0.3, -0.25) is 4.79 Å². The Kier molecular flexibility index (Phi) is 6.03. The number of carbonyl (C=O) groups excluding carboxylic acids is 1. The number of ether oxygens (including phenoxy) is 2. The van der Waals surface area contributed by atoms with E-state index >= 15 is 0 Å². The monoisotopic (exact) mass is 363 g/mol. The van der Waals surface area contributed by atoms with Crippen LogP contribution < -0.4 is 0 Å². The molecule has 1 aliphatic heterocycles. The minimum absolute atomic E-state index is 0.0739. The number of phenolic OH excluding ortho intramolecular Hbond substituents is 1. The number of nitrogens with zero attached hydrogens (tertiary/aromatic N) is 1. The van der Waals surface area contributed by atoms with Crippen LogP contribution in [0, 0.1) is 0 Å². The van der Waals surface area contributed by atoms with Crippen molar-refractivity contribution in [3.05, 3.63) is 28.8 Å². The van der Waals surface area contributed by atoms with Crippen molar-refractivity contribution < 1.29 is 19.4 Å². The molecule has 0 aromatic heterocycles. The lowest BCUT2D eigenvalue weighted by Crippen LogP contribution is -2.41. The fraction of sp³-hybridized carbons (Fsp3) is 0.667. The Morgan fingerprint density at radius 3 is 2.08 bits per heavy atom. The second-order valence-electron chi connectivity index (χ2n) is 9.17. The van der Waals surface area contributed by atoms with Crippen molar-refractivity contribution in [2.45, 2.75) is 58.5 Å². The summed E-state index contributed by atoms with van der Waals surface area (Å²) in [7, 11) is 1.78. The van der Waals surface area contributed by atoms with E-state index in [0.29, 0.717) is 31.9 Å². The average Bonchev–Trinajstić information content (AvgIpc) is 2.53. The fourth-order valence-electron chi connectivity index (χ4n) is 3.15. The summed E-state index contributed by atoms with van der Waals surface area (Å²) in [4.78, 5) is 14.7. The SMILES string of the molecule is CN(CC1COCCO1)C(=O)c1cc(C(C)(C)C)c(O)c(C(C)(C)C)c1. The van der Waals surface area contributed by atoms with Gasteiger partial charge in [-0.2, -0.15) is 0 Å². The molecule has 2 rings (SSSR count). The number of likely N-dealkylation sites (N-methyl/N-ethyl adjacent to an activating group) is 1. The van der Waals surface area contributed by atoms with Gasteiger partial charge in [0, 0.05) is 30.3 Å². The van der Waals surface area contributed by atoms with E-state index < -0.39 is 0 Å². The number of benzene rings is 1. The highest BCUT2D eigenvalue weighted by Crippen LogP contribution is 2.39. The van der Waals surface area contributed by atoms with Gasteiger partial charge >= 0.3 is 0 Å². The molecule has 0 aliphatic carbocycles. The van der Waals surface area contributed by atoms with Crippen molar-refractivity contribution >= 4 is 5.91 Å². The summed E-state index contributed by atoms with van der Waals surface area (Å²) in [6.07, 6.45) is -0.0982. The van der Waals surface area contributed by atoms with Gasteiger partial charge in [-0.15, -0.1) is 0 Å². The molecule has 1 fully saturated rings. The van der Waals surface area contributed by atoms with E-state index in [1.54, 1.807) is 11.9 Å². The van der Waals surface area contributed by atoms with Crippen LogP contribution in [0.5, 0.6) is 5.75 Å². The first kappa shape index (κ1) is 20.7. The molecule has 26 heavy (non-hydrogen) atoms. The predicted octanol–water partition coefficient (Wildman–Crippen LogP) is 3.47. The quantitative estimate of drug-likeness (QED) is 0.893. The van der Waals surface area contributed by atoms with Gasteiger partial charge in [0.15, 0.2) is 0 Å². The van der Waals surface area contributed by atoms with E-state index in [2.05, 4.69) is 0 Å². The van der Waals surface area contributed by atoms with E-state index in [1.807, 2.05) is 53.7 Å². The number of aromatic hydroxyl groups is 1. The summed E-state index contributed by atoms with van der Waals surface area (Å²) in [5.74, 6) is 0.211. The van der Waals surface area contributed by atoms with Gasteiger partial charge in [0.25, 0.3) is 5.91 Å². The van der Waals surface area contributed by atoms with Crippen LogP contribution in [0.25, 0.3) is 0 Å². The molecule has 1 atom stereocenters. The van der Waals surface area contributed by atoms with Crippen molar-refractivity contribution in [1.82, 2.24) is 4.90 Å². The standard InChI is InChI=1S/C21H33NO4/c1-20(2,3)16-10-14(11-17(18(16)23)21(4,5)6)19(24)22(7)12-15-13-25-8-9-26-15/h10-11,15,23H,8-9,12-13H2,1-7H3. The van der Waals surface area contributed by atoms with E-state index in [0.717, 1.165) is 11.1 Å². The zero-order chi connectivity index (χ0) is 19.7. The Morgan fingerprint density at radius 2 is 1.65 bits per heavy atom. The van der Waals surface area contributed by atoms with E-state index in [9.17, 15) is 9.90 Å². The normalized spacial score (nSPS) is 18.7. The Hall–Kier alpha value is -1.59. The lowest BCUT2D eigenvalue weighted by Gasteiger charge is -2.30. The van der Waals surface area contributed by atoms with Crippen molar-refractivity contribution in [1.29, 1.82) is 0 Å². The number of hydrogen-bond donors (Lipinski definition) is 1. The molecule has 1 aromatic rings. The lowest BCUT2D eigenvalue weighted by atomic mass is 9.78. The molecule has 0 spiro atoms. The zero-order valence-electron chi connectivity index (χ0n) is 17.2. The highest BCUT2D eigenvalue weighted by atomic mass is 16.6. The first-order valence-electron chi connectivity index (χ1n) is 9.24. The maximum Gasteiger partial charge on any atom is 0.253 e. The van der Waals surface area contributed by atoms with Crippen molar-refractivity contribution in [3.8, 4) is 5.75 Å². The van der Waals surface area contributed by atoms with Crippen LogP contribution in [-0.2, 0) is 20.3 Å². The summed E-state index contributed by atoms with van der Waals surface area (Å²) < 4.78 is 11.1. The third-order valence-electron chi connectivity index (χ3n) is 4.68. The van der Waals surface area contributed by atoms with Crippen molar-refractivity contribution in [2.24, 2.45) is 0 Å². The van der Waals surface area contributed by atoms with Crippen LogP contribution in [0.15, 0.2) is 12.1 Å². The molecule has 5 heteroatoms. The molecule has 1 aliphatic rings. The maximum absolute atomic E-state index is 13.0. The number of rotatable bonds is 3. The van der Waals surface area contributed by atoms with Crippen LogP contribution in [0.1, 0.15) is 63.0 Å². The molecule has 1 aromatic carbocycles. The second-order valence-corrected chi connectivity index (χ2v) is 9.17. The Morgan fingerprint density at radius 1 is 1.12 bits per heavy atom. The Bertz CT molecular complexity index is 614. The number of amides is 1. The summed E-state index contributed by atoms with van der Waals surface area (Å²) in [5.41, 5.74) is 1.65. The van der Waals surface area contributed by atoms with E-state index in [1.165, 1.54) is 0 Å². The highest BCUT2D eigenvalue weighted by molar-refractivity contribution is 5.95. The molecule has 1 unspecified atom stereocenters. The maximum atomic E-state index is 13.0. The van der Waals surface area contributed by atoms with Crippen LogP contribution in [-0.4, -0.2) is 55.4 Å². The summed E-state index contributed by atoms with van der Waals surface area (Å²) in [6, 6.07) is 3.64. The molecule has 146 valence electrons. The lowest BCUT2D eigenvalue weighted by molar-refractivity contribution is -0.0933. The van der Waals surface area contributed by atoms with Gasteiger partial charge in [-0.1, -0.05) is 41.5 Å². The number of carbonyl (C=O) groups is 1. The van der Waals surface area contributed by atoms with E-state index in [-0.39, 0.29) is 28.6 Å². The third-order valence-corrected chi connectivity index (χ3v) is 4.68. The van der Waals surface area contributed by atoms with Crippen LogP contribution >= 0.6 is 0 Å². The van der Waals surface area contributed by atoms with Crippen LogP contribution in [0.3, 0.4) is 0 Å². The Balaban J connectivity index is 2.36. The Labute approximate surface area is 157 Å². The minimum atomic E-state index is -0.265. The molecule has 1 N–H and O–H groups in total. The predicted molar refractivity (Wildman–Crippen MR) is 103 cm³/mol. The summed E-state index contributed by atoms with van der Waals surface area (Å²) >= 11 is 0. The molecule has 0 saturated carbocycles. The second kappa shape index (κ2) is 7.57. The van der Waals surface area contributed by atoms with Gasteiger partial charge in [-0.05, 0) is 23.0 Å². The van der Waals surface area contributed by atoms with Crippen LogP contribution in [0.4, 0.5) is 0 Å². The molecule has 0 radical (unpaired) electrons. The molecular weight excluding hydrogens is 330 g/mol. The smallest absolute Gasteiger partial charge is 0.253 e. The first-order chi connectivity index (χ1) is 11.9. The molecule has 1 saturated heterocycles. The van der Waals surface area contributed by atoms with Crippen molar-refractivity contribution in [3.63, 3.8) is 0 Å². The van der Waals surface area contributed by atoms with Gasteiger partial charge in [-0.25, -0.2) is 0 Å². The van der Waals surface area contributed by atoms with E-state index in [4.69, 9.17) is 9.47 Å². The molecule has 1 amide bonds. The van der Waals surface area contributed by atoms with Gasteiger partial charge < -0.3 is 19.5 Å². The largest absolute Gasteiger partial charge is 0.507 e. The summed E-state index contributed by atoms with van der Waals surface area (Å²) in [6.45, 7) is 14.4. The topological polar surface area (TPSA) is 59.0 Å². The first-order valence-corrected chi connectivity index (χ1v) is 9.24. The molecule has 5 nitrogen and oxygen atoms in total. The average molecular weight is 363 g/mol. The fourth-order valence-corrected chi connectivity index (χ4v) is 3.15. The van der Waals surface area contributed by atoms with Gasteiger partial charge in [0.1, 0.15) is 5.75 Å². The van der Waals surface area contributed by atoms with Crippen molar-refractivity contribution in [2.75, 3.05) is 33.4 Å². The summed E-state index contributed by atoms with van der Waals surface area (Å²) in [5, 5.41) is 10.8. The molecule has 0 bridgehead atoms.